The Bertz CT molecular complexity index is 555. The molecular formula is C13H22N2O4S. The highest BCUT2D eigenvalue weighted by atomic mass is 32.2. The van der Waals surface area contributed by atoms with Gasteiger partial charge in [0.2, 0.25) is 10.0 Å². The monoisotopic (exact) mass is 302 g/mol. The Balaban J connectivity index is 2.61. The summed E-state index contributed by atoms with van der Waals surface area (Å²) in [6.07, 6.45) is 1.13. The van der Waals surface area contributed by atoms with Gasteiger partial charge in [0, 0.05) is 24.2 Å². The van der Waals surface area contributed by atoms with Gasteiger partial charge in [-0.25, -0.2) is 13.1 Å². The SMILES string of the molecule is COc1cccc(CNCC(C)(C)NS(C)(=O)=O)c1O. The molecule has 7 heteroatoms. The van der Waals surface area contributed by atoms with Gasteiger partial charge in [-0.15, -0.1) is 0 Å². The maximum atomic E-state index is 11.2. The molecule has 0 aromatic heterocycles. The topological polar surface area (TPSA) is 87.7 Å². The third-order valence-corrected chi connectivity index (χ3v) is 3.57. The van der Waals surface area contributed by atoms with E-state index in [4.69, 9.17) is 4.74 Å². The summed E-state index contributed by atoms with van der Waals surface area (Å²) in [5.74, 6) is 0.509. The molecule has 0 aliphatic heterocycles. The van der Waals surface area contributed by atoms with Crippen LogP contribution in [0.15, 0.2) is 18.2 Å². The third-order valence-electron chi connectivity index (χ3n) is 2.65. The lowest BCUT2D eigenvalue weighted by Crippen LogP contribution is -2.49. The molecule has 0 aliphatic rings. The van der Waals surface area contributed by atoms with E-state index in [1.54, 1.807) is 32.0 Å². The minimum atomic E-state index is -3.26. The fraction of sp³-hybridized carbons (Fsp3) is 0.538. The molecule has 0 saturated heterocycles. The molecule has 1 rings (SSSR count). The molecule has 114 valence electrons. The van der Waals surface area contributed by atoms with Crippen molar-refractivity contribution in [3.8, 4) is 11.5 Å². The lowest BCUT2D eigenvalue weighted by Gasteiger charge is -2.25. The van der Waals surface area contributed by atoms with E-state index < -0.39 is 15.6 Å². The molecule has 1 aromatic rings. The lowest BCUT2D eigenvalue weighted by molar-refractivity contribution is 0.367. The summed E-state index contributed by atoms with van der Waals surface area (Å²) in [6, 6.07) is 5.24. The minimum absolute atomic E-state index is 0.0939. The molecule has 3 N–H and O–H groups in total. The normalized spacial score (nSPS) is 12.4. The standard InChI is InChI=1S/C13H22N2O4S/c1-13(2,15-20(4,17)18)9-14-8-10-6-5-7-11(19-3)12(10)16/h5-7,14-16H,8-9H2,1-4H3. The fourth-order valence-corrected chi connectivity index (χ4v) is 3.00. The van der Waals surface area contributed by atoms with Crippen LogP contribution in [0.5, 0.6) is 11.5 Å². The zero-order valence-corrected chi connectivity index (χ0v) is 13.0. The van der Waals surface area contributed by atoms with E-state index in [2.05, 4.69) is 10.0 Å². The van der Waals surface area contributed by atoms with Crippen molar-refractivity contribution in [3.05, 3.63) is 23.8 Å². The van der Waals surface area contributed by atoms with Gasteiger partial charge in [0.15, 0.2) is 11.5 Å². The summed E-state index contributed by atoms with van der Waals surface area (Å²) in [5.41, 5.74) is 0.0849. The highest BCUT2D eigenvalue weighted by Crippen LogP contribution is 2.29. The van der Waals surface area contributed by atoms with E-state index in [0.29, 0.717) is 24.4 Å². The maximum Gasteiger partial charge on any atom is 0.209 e. The van der Waals surface area contributed by atoms with Crippen LogP contribution in [0, 0.1) is 0 Å². The fourth-order valence-electron chi connectivity index (χ4n) is 1.92. The highest BCUT2D eigenvalue weighted by molar-refractivity contribution is 7.88. The molecule has 0 atom stereocenters. The molecule has 20 heavy (non-hydrogen) atoms. The number of sulfonamides is 1. The van der Waals surface area contributed by atoms with Gasteiger partial charge in [-0.1, -0.05) is 12.1 Å². The van der Waals surface area contributed by atoms with E-state index in [9.17, 15) is 13.5 Å². The molecule has 0 aliphatic carbocycles. The molecule has 1 aromatic carbocycles. The molecule has 0 saturated carbocycles. The van der Waals surface area contributed by atoms with E-state index in [0.717, 1.165) is 6.26 Å². The zero-order valence-electron chi connectivity index (χ0n) is 12.2. The summed E-state index contributed by atoms with van der Waals surface area (Å²) in [7, 11) is -1.76. The molecule has 0 fully saturated rings. The molecule has 0 amide bonds. The Kier molecular flexibility index (Phi) is 5.38. The number of aromatic hydroxyl groups is 1. The summed E-state index contributed by atoms with van der Waals surface area (Å²) in [6.45, 7) is 4.41. The Labute approximate surface area is 120 Å². The second-order valence-electron chi connectivity index (χ2n) is 5.33. The van der Waals surface area contributed by atoms with Crippen molar-refractivity contribution >= 4 is 10.0 Å². The Hall–Kier alpha value is -1.31. The maximum absolute atomic E-state index is 11.2. The van der Waals surface area contributed by atoms with Crippen LogP contribution in [0.25, 0.3) is 0 Å². The second-order valence-corrected chi connectivity index (χ2v) is 7.08. The molecule has 0 unspecified atom stereocenters. The first-order valence-electron chi connectivity index (χ1n) is 6.19. The van der Waals surface area contributed by atoms with Crippen LogP contribution in [0.1, 0.15) is 19.4 Å². The van der Waals surface area contributed by atoms with Gasteiger partial charge in [0.05, 0.1) is 13.4 Å². The summed E-state index contributed by atoms with van der Waals surface area (Å²) >= 11 is 0. The first-order valence-corrected chi connectivity index (χ1v) is 8.08. The van der Waals surface area contributed by atoms with Crippen LogP contribution in [-0.2, 0) is 16.6 Å². The van der Waals surface area contributed by atoms with Gasteiger partial charge in [-0.05, 0) is 19.9 Å². The van der Waals surface area contributed by atoms with Crippen molar-refractivity contribution in [3.63, 3.8) is 0 Å². The Morgan fingerprint density at radius 3 is 2.55 bits per heavy atom. The molecule has 0 radical (unpaired) electrons. The summed E-state index contributed by atoms with van der Waals surface area (Å²) < 4.78 is 30.0. The zero-order chi connectivity index (χ0) is 15.4. The molecule has 0 spiro atoms. The minimum Gasteiger partial charge on any atom is -0.504 e. The number of ether oxygens (including phenoxy) is 1. The van der Waals surface area contributed by atoms with Gasteiger partial charge in [-0.3, -0.25) is 0 Å². The van der Waals surface area contributed by atoms with Crippen LogP contribution < -0.4 is 14.8 Å². The number of phenols is 1. The van der Waals surface area contributed by atoms with E-state index in [1.807, 2.05) is 0 Å². The largest absolute Gasteiger partial charge is 0.504 e. The van der Waals surface area contributed by atoms with Gasteiger partial charge < -0.3 is 15.2 Å². The van der Waals surface area contributed by atoms with Crippen molar-refractivity contribution in [2.24, 2.45) is 0 Å². The average molecular weight is 302 g/mol. The van der Waals surface area contributed by atoms with Crippen LogP contribution in [0.2, 0.25) is 0 Å². The average Bonchev–Trinajstić information content (AvgIpc) is 2.28. The number of hydrogen-bond acceptors (Lipinski definition) is 5. The number of methoxy groups -OCH3 is 1. The van der Waals surface area contributed by atoms with Crippen molar-refractivity contribution in [1.82, 2.24) is 10.0 Å². The first-order chi connectivity index (χ1) is 9.14. The molecular weight excluding hydrogens is 280 g/mol. The second kappa shape index (κ2) is 6.43. The van der Waals surface area contributed by atoms with E-state index in [-0.39, 0.29) is 5.75 Å². The number of para-hydroxylation sites is 1. The predicted octanol–water partition coefficient (Wildman–Crippen LogP) is 0.818. The van der Waals surface area contributed by atoms with Gasteiger partial charge >= 0.3 is 0 Å². The lowest BCUT2D eigenvalue weighted by atomic mass is 10.1. The van der Waals surface area contributed by atoms with Gasteiger partial charge in [0.25, 0.3) is 0 Å². The Morgan fingerprint density at radius 1 is 1.35 bits per heavy atom. The summed E-state index contributed by atoms with van der Waals surface area (Å²) in [5, 5.41) is 13.0. The van der Waals surface area contributed by atoms with Crippen molar-refractivity contribution in [2.75, 3.05) is 19.9 Å². The molecule has 0 heterocycles. The van der Waals surface area contributed by atoms with Gasteiger partial charge in [0.1, 0.15) is 0 Å². The van der Waals surface area contributed by atoms with Gasteiger partial charge in [-0.2, -0.15) is 0 Å². The number of rotatable bonds is 7. The van der Waals surface area contributed by atoms with E-state index >= 15 is 0 Å². The highest BCUT2D eigenvalue weighted by Gasteiger charge is 2.21. The quantitative estimate of drug-likeness (QED) is 0.694. The predicted molar refractivity (Wildman–Crippen MR) is 78.4 cm³/mol. The number of hydrogen-bond donors (Lipinski definition) is 3. The molecule has 6 nitrogen and oxygen atoms in total. The molecule has 0 bridgehead atoms. The smallest absolute Gasteiger partial charge is 0.209 e. The summed E-state index contributed by atoms with van der Waals surface area (Å²) in [4.78, 5) is 0. The van der Waals surface area contributed by atoms with Crippen molar-refractivity contribution in [2.45, 2.75) is 25.9 Å². The number of phenolic OH excluding ortho intramolecular Hbond substituents is 1. The third kappa shape index (κ3) is 5.36. The van der Waals surface area contributed by atoms with Crippen LogP contribution >= 0.6 is 0 Å². The van der Waals surface area contributed by atoms with Crippen LogP contribution in [0.4, 0.5) is 0 Å². The number of nitrogens with one attached hydrogen (secondary N) is 2. The Morgan fingerprint density at radius 2 is 2.00 bits per heavy atom. The first kappa shape index (κ1) is 16.7. The number of benzene rings is 1. The van der Waals surface area contributed by atoms with Crippen LogP contribution in [-0.4, -0.2) is 39.0 Å². The van der Waals surface area contributed by atoms with Crippen LogP contribution in [0.3, 0.4) is 0 Å². The van der Waals surface area contributed by atoms with Crippen molar-refractivity contribution in [1.29, 1.82) is 0 Å². The van der Waals surface area contributed by atoms with Crippen molar-refractivity contribution < 1.29 is 18.3 Å². The van der Waals surface area contributed by atoms with E-state index in [1.165, 1.54) is 7.11 Å².